The first kappa shape index (κ1) is 12.2. The molecule has 2 saturated heterocycles. The number of aryl methyl sites for hydroxylation is 1. The van der Waals surface area contributed by atoms with Crippen LogP contribution in [0.1, 0.15) is 30.3 Å². The molecule has 4 heteroatoms. The predicted octanol–water partition coefficient (Wildman–Crippen LogP) is 1.49. The van der Waals surface area contributed by atoms with Crippen LogP contribution in [0.3, 0.4) is 0 Å². The first-order valence-electron chi connectivity index (χ1n) is 6.88. The fraction of sp³-hybridized carbons (Fsp3) is 0.714. The van der Waals surface area contributed by atoms with Gasteiger partial charge in [-0.15, -0.1) is 0 Å². The van der Waals surface area contributed by atoms with Crippen LogP contribution in [0.5, 0.6) is 0 Å². The second-order valence-electron chi connectivity index (χ2n) is 5.52. The molecule has 2 unspecified atom stereocenters. The summed E-state index contributed by atoms with van der Waals surface area (Å²) in [6.07, 6.45) is 2.27. The van der Waals surface area contributed by atoms with E-state index in [0.717, 1.165) is 50.7 Å². The quantitative estimate of drug-likeness (QED) is 0.864. The molecule has 100 valence electrons. The first-order chi connectivity index (χ1) is 8.74. The normalized spacial score (nSPS) is 31.0. The van der Waals surface area contributed by atoms with Gasteiger partial charge in [0.1, 0.15) is 11.5 Å². The van der Waals surface area contributed by atoms with Crippen molar-refractivity contribution in [3.05, 3.63) is 23.7 Å². The number of likely N-dealkylation sites (tertiary alicyclic amines) is 1. The molecule has 18 heavy (non-hydrogen) atoms. The van der Waals surface area contributed by atoms with Gasteiger partial charge < -0.3 is 14.9 Å². The van der Waals surface area contributed by atoms with Crippen LogP contribution in [0.4, 0.5) is 0 Å². The van der Waals surface area contributed by atoms with Crippen LogP contribution >= 0.6 is 0 Å². The van der Waals surface area contributed by atoms with E-state index in [4.69, 9.17) is 14.9 Å². The molecule has 0 saturated carbocycles. The largest absolute Gasteiger partial charge is 0.466 e. The molecule has 4 nitrogen and oxygen atoms in total. The van der Waals surface area contributed by atoms with E-state index in [1.807, 2.05) is 13.0 Å². The van der Waals surface area contributed by atoms with Gasteiger partial charge in [-0.1, -0.05) is 0 Å². The van der Waals surface area contributed by atoms with Crippen molar-refractivity contribution in [1.82, 2.24) is 4.90 Å². The lowest BCUT2D eigenvalue weighted by Gasteiger charge is -2.30. The van der Waals surface area contributed by atoms with Crippen molar-refractivity contribution in [1.29, 1.82) is 0 Å². The molecule has 0 amide bonds. The minimum atomic E-state index is 0.193. The zero-order valence-electron chi connectivity index (χ0n) is 11.0. The molecule has 2 aliphatic heterocycles. The van der Waals surface area contributed by atoms with Gasteiger partial charge in [0.2, 0.25) is 0 Å². The molecule has 0 aliphatic carbocycles. The van der Waals surface area contributed by atoms with Gasteiger partial charge in [-0.3, -0.25) is 4.90 Å². The molecule has 3 rings (SSSR count). The minimum Gasteiger partial charge on any atom is -0.466 e. The minimum absolute atomic E-state index is 0.193. The summed E-state index contributed by atoms with van der Waals surface area (Å²) in [5, 5.41) is 0. The van der Waals surface area contributed by atoms with E-state index >= 15 is 0 Å². The summed E-state index contributed by atoms with van der Waals surface area (Å²) in [5.41, 5.74) is 6.28. The number of nitrogens with zero attached hydrogens (tertiary/aromatic N) is 1. The monoisotopic (exact) mass is 250 g/mol. The molecule has 1 aromatic rings. The van der Waals surface area contributed by atoms with Gasteiger partial charge >= 0.3 is 0 Å². The SMILES string of the molecule is Cc1ccc(C2CN(C3CCOCC3)CC2N)o1. The van der Waals surface area contributed by atoms with Gasteiger partial charge in [0, 0.05) is 44.3 Å². The molecule has 0 radical (unpaired) electrons. The zero-order chi connectivity index (χ0) is 12.5. The summed E-state index contributed by atoms with van der Waals surface area (Å²) < 4.78 is 11.2. The smallest absolute Gasteiger partial charge is 0.110 e. The van der Waals surface area contributed by atoms with Gasteiger partial charge in [0.15, 0.2) is 0 Å². The Balaban J connectivity index is 1.68. The summed E-state index contributed by atoms with van der Waals surface area (Å²) in [6, 6.07) is 4.94. The van der Waals surface area contributed by atoms with Crippen molar-refractivity contribution in [3.63, 3.8) is 0 Å². The van der Waals surface area contributed by atoms with Crippen LogP contribution in [0.2, 0.25) is 0 Å². The third kappa shape index (κ3) is 2.32. The topological polar surface area (TPSA) is 51.6 Å². The highest BCUT2D eigenvalue weighted by molar-refractivity contribution is 5.16. The number of nitrogens with two attached hydrogens (primary N) is 1. The lowest BCUT2D eigenvalue weighted by atomic mass is 10.0. The lowest BCUT2D eigenvalue weighted by Crippen LogP contribution is -2.39. The van der Waals surface area contributed by atoms with E-state index < -0.39 is 0 Å². The lowest BCUT2D eigenvalue weighted by molar-refractivity contribution is 0.0415. The number of hydrogen-bond donors (Lipinski definition) is 1. The van der Waals surface area contributed by atoms with Crippen molar-refractivity contribution in [3.8, 4) is 0 Å². The molecular weight excluding hydrogens is 228 g/mol. The molecule has 3 heterocycles. The Morgan fingerprint density at radius 3 is 2.67 bits per heavy atom. The summed E-state index contributed by atoms with van der Waals surface area (Å²) >= 11 is 0. The molecule has 1 aromatic heterocycles. The van der Waals surface area contributed by atoms with Crippen LogP contribution in [-0.2, 0) is 4.74 Å². The van der Waals surface area contributed by atoms with E-state index in [0.29, 0.717) is 12.0 Å². The van der Waals surface area contributed by atoms with E-state index in [9.17, 15) is 0 Å². The molecule has 0 aromatic carbocycles. The number of hydrogen-bond acceptors (Lipinski definition) is 4. The average Bonchev–Trinajstić information content (AvgIpc) is 2.97. The fourth-order valence-corrected chi connectivity index (χ4v) is 3.16. The maximum Gasteiger partial charge on any atom is 0.110 e. The Morgan fingerprint density at radius 2 is 2.00 bits per heavy atom. The Morgan fingerprint density at radius 1 is 1.22 bits per heavy atom. The molecule has 2 N–H and O–H groups in total. The molecule has 2 fully saturated rings. The summed E-state index contributed by atoms with van der Waals surface area (Å²) in [6.45, 7) is 5.77. The molecule has 2 atom stereocenters. The maximum atomic E-state index is 6.28. The standard InChI is InChI=1S/C14H22N2O2/c1-10-2-3-14(18-10)12-8-16(9-13(12)15)11-4-6-17-7-5-11/h2-3,11-13H,4-9,15H2,1H3. The molecule has 0 spiro atoms. The molecule has 2 aliphatic rings. The predicted molar refractivity (Wildman–Crippen MR) is 69.6 cm³/mol. The highest BCUT2D eigenvalue weighted by atomic mass is 16.5. The maximum absolute atomic E-state index is 6.28. The highest BCUT2D eigenvalue weighted by Gasteiger charge is 2.36. The summed E-state index contributed by atoms with van der Waals surface area (Å²) in [5.74, 6) is 2.37. The second-order valence-corrected chi connectivity index (χ2v) is 5.52. The van der Waals surface area contributed by atoms with E-state index in [-0.39, 0.29) is 6.04 Å². The van der Waals surface area contributed by atoms with E-state index in [1.165, 1.54) is 0 Å². The van der Waals surface area contributed by atoms with Crippen LogP contribution < -0.4 is 5.73 Å². The van der Waals surface area contributed by atoms with Crippen LogP contribution in [0.15, 0.2) is 16.5 Å². The fourth-order valence-electron chi connectivity index (χ4n) is 3.16. The number of furan rings is 1. The van der Waals surface area contributed by atoms with Crippen molar-refractivity contribution < 1.29 is 9.15 Å². The Labute approximate surface area is 108 Å². The van der Waals surface area contributed by atoms with Gasteiger partial charge in [0.05, 0.1) is 0 Å². The van der Waals surface area contributed by atoms with Crippen LogP contribution in [0.25, 0.3) is 0 Å². The van der Waals surface area contributed by atoms with Crippen molar-refractivity contribution in [2.75, 3.05) is 26.3 Å². The van der Waals surface area contributed by atoms with Crippen molar-refractivity contribution in [2.24, 2.45) is 5.73 Å². The van der Waals surface area contributed by atoms with Gasteiger partial charge in [-0.2, -0.15) is 0 Å². The highest BCUT2D eigenvalue weighted by Crippen LogP contribution is 2.30. The van der Waals surface area contributed by atoms with Gasteiger partial charge in [-0.25, -0.2) is 0 Å². The Bertz CT molecular complexity index is 398. The van der Waals surface area contributed by atoms with Crippen LogP contribution in [-0.4, -0.2) is 43.3 Å². The van der Waals surface area contributed by atoms with Gasteiger partial charge in [0.25, 0.3) is 0 Å². The van der Waals surface area contributed by atoms with E-state index in [2.05, 4.69) is 11.0 Å². The van der Waals surface area contributed by atoms with Gasteiger partial charge in [-0.05, 0) is 31.9 Å². The molecular formula is C14H22N2O2. The number of ether oxygens (including phenoxy) is 1. The third-order valence-corrected chi connectivity index (χ3v) is 4.23. The number of rotatable bonds is 2. The summed E-state index contributed by atoms with van der Waals surface area (Å²) in [4.78, 5) is 2.52. The van der Waals surface area contributed by atoms with Crippen molar-refractivity contribution >= 4 is 0 Å². The summed E-state index contributed by atoms with van der Waals surface area (Å²) in [7, 11) is 0. The average molecular weight is 250 g/mol. The van der Waals surface area contributed by atoms with Crippen molar-refractivity contribution in [2.45, 2.75) is 37.8 Å². The zero-order valence-corrected chi connectivity index (χ0v) is 11.0. The third-order valence-electron chi connectivity index (χ3n) is 4.23. The Hall–Kier alpha value is -0.840. The molecule has 0 bridgehead atoms. The first-order valence-corrected chi connectivity index (χ1v) is 6.88. The van der Waals surface area contributed by atoms with Crippen LogP contribution in [0, 0.1) is 6.92 Å². The second kappa shape index (κ2) is 5.03. The van der Waals surface area contributed by atoms with E-state index in [1.54, 1.807) is 0 Å². The Kier molecular flexibility index (Phi) is 3.41.